The Hall–Kier alpha value is -2.40. The molecule has 130 valence electrons. The minimum absolute atomic E-state index is 0.0433. The van der Waals surface area contributed by atoms with Crippen molar-refractivity contribution in [1.82, 2.24) is 18.8 Å². The smallest absolute Gasteiger partial charge is 0.226 e. The van der Waals surface area contributed by atoms with Crippen LogP contribution in [0.25, 0.3) is 0 Å². The summed E-state index contributed by atoms with van der Waals surface area (Å²) in [6, 6.07) is 2.25. The van der Waals surface area contributed by atoms with Gasteiger partial charge >= 0.3 is 0 Å². The molecule has 4 rings (SSSR count). The van der Waals surface area contributed by atoms with Crippen LogP contribution in [0.1, 0.15) is 23.5 Å². The van der Waals surface area contributed by atoms with Crippen molar-refractivity contribution in [3.05, 3.63) is 29.5 Å². The lowest BCUT2D eigenvalue weighted by molar-refractivity contribution is -0.136. The summed E-state index contributed by atoms with van der Waals surface area (Å²) in [6.07, 6.45) is 5.41. The van der Waals surface area contributed by atoms with Crippen LogP contribution in [0.2, 0.25) is 0 Å². The highest BCUT2D eigenvalue weighted by atomic mass is 32.1. The van der Waals surface area contributed by atoms with Crippen molar-refractivity contribution in [2.75, 3.05) is 31.1 Å². The molecule has 1 fully saturated rings. The number of carbonyl (C=O) groups is 1. The van der Waals surface area contributed by atoms with Gasteiger partial charge in [0.15, 0.2) is 0 Å². The molecule has 2 aromatic rings. The van der Waals surface area contributed by atoms with Crippen molar-refractivity contribution in [1.29, 1.82) is 5.26 Å². The normalized spacial score (nSPS) is 20.2. The Morgan fingerprint density at radius 3 is 2.88 bits per heavy atom. The zero-order valence-electron chi connectivity index (χ0n) is 14.2. The number of anilines is 1. The van der Waals surface area contributed by atoms with Crippen molar-refractivity contribution in [2.45, 2.75) is 26.3 Å². The molecular formula is C17H20N6OS. The second kappa shape index (κ2) is 6.48. The maximum Gasteiger partial charge on any atom is 0.226 e. The fraction of sp³-hybridized carbons (Fsp3) is 0.529. The SMILES string of the molecule is Cc1nsc(N2CCN(C(=O)C3CCn4ccnc4C3)CC2)c1C#N. The lowest BCUT2D eigenvalue weighted by Crippen LogP contribution is -2.51. The number of hydrogen-bond acceptors (Lipinski definition) is 6. The van der Waals surface area contributed by atoms with E-state index in [1.165, 1.54) is 11.5 Å². The standard InChI is InChI=1S/C17H20N6OS/c1-12-14(11-18)17(25-20-12)23-8-6-22(7-9-23)16(24)13-2-4-21-5-3-19-15(21)10-13/h3,5,13H,2,4,6-10H2,1H3. The zero-order chi connectivity index (χ0) is 17.4. The molecule has 25 heavy (non-hydrogen) atoms. The molecule has 4 heterocycles. The molecule has 1 amide bonds. The van der Waals surface area contributed by atoms with Crippen molar-refractivity contribution in [2.24, 2.45) is 5.92 Å². The first-order chi connectivity index (χ1) is 12.2. The maximum absolute atomic E-state index is 12.9. The van der Waals surface area contributed by atoms with Crippen LogP contribution < -0.4 is 4.90 Å². The molecule has 0 radical (unpaired) electrons. The Balaban J connectivity index is 1.39. The second-order valence-electron chi connectivity index (χ2n) is 6.60. The highest BCUT2D eigenvalue weighted by Crippen LogP contribution is 2.29. The van der Waals surface area contributed by atoms with Crippen LogP contribution in [0.5, 0.6) is 0 Å². The van der Waals surface area contributed by atoms with E-state index in [1.54, 1.807) is 0 Å². The third kappa shape index (κ3) is 2.89. The molecular weight excluding hydrogens is 336 g/mol. The molecule has 1 atom stereocenters. The molecule has 2 aliphatic rings. The number of carbonyl (C=O) groups excluding carboxylic acids is 1. The quantitative estimate of drug-likeness (QED) is 0.813. The predicted molar refractivity (Wildman–Crippen MR) is 94.4 cm³/mol. The summed E-state index contributed by atoms with van der Waals surface area (Å²) in [7, 11) is 0. The fourth-order valence-electron chi connectivity index (χ4n) is 3.65. The van der Waals surface area contributed by atoms with Gasteiger partial charge in [0.05, 0.1) is 5.69 Å². The van der Waals surface area contributed by atoms with E-state index in [-0.39, 0.29) is 11.8 Å². The summed E-state index contributed by atoms with van der Waals surface area (Å²) >= 11 is 1.38. The van der Waals surface area contributed by atoms with E-state index in [1.807, 2.05) is 24.2 Å². The van der Waals surface area contributed by atoms with Crippen LogP contribution >= 0.6 is 11.5 Å². The highest BCUT2D eigenvalue weighted by molar-refractivity contribution is 7.10. The van der Waals surface area contributed by atoms with E-state index in [9.17, 15) is 10.1 Å². The topological polar surface area (TPSA) is 78.1 Å². The summed E-state index contributed by atoms with van der Waals surface area (Å²) in [5, 5.41) is 10.2. The van der Waals surface area contributed by atoms with E-state index < -0.39 is 0 Å². The van der Waals surface area contributed by atoms with Gasteiger partial charge in [0.25, 0.3) is 0 Å². The van der Waals surface area contributed by atoms with Gasteiger partial charge in [0.2, 0.25) is 5.91 Å². The van der Waals surface area contributed by atoms with Gasteiger partial charge in [-0.2, -0.15) is 9.64 Å². The van der Waals surface area contributed by atoms with Gasteiger partial charge < -0.3 is 14.4 Å². The van der Waals surface area contributed by atoms with Crippen LogP contribution in [0.15, 0.2) is 12.4 Å². The van der Waals surface area contributed by atoms with E-state index in [4.69, 9.17) is 0 Å². The average molecular weight is 356 g/mol. The molecule has 2 aromatic heterocycles. The lowest BCUT2D eigenvalue weighted by Gasteiger charge is -2.37. The molecule has 0 spiro atoms. The van der Waals surface area contributed by atoms with Gasteiger partial charge in [-0.3, -0.25) is 4.79 Å². The van der Waals surface area contributed by atoms with Crippen molar-refractivity contribution >= 4 is 22.4 Å². The number of imidazole rings is 1. The van der Waals surface area contributed by atoms with Gasteiger partial charge in [-0.15, -0.1) is 0 Å². The molecule has 1 saturated heterocycles. The molecule has 2 aliphatic heterocycles. The Labute approximate surface area is 150 Å². The zero-order valence-corrected chi connectivity index (χ0v) is 15.0. The van der Waals surface area contributed by atoms with E-state index in [0.29, 0.717) is 18.7 Å². The Morgan fingerprint density at radius 1 is 1.32 bits per heavy atom. The number of aromatic nitrogens is 3. The number of amides is 1. The van der Waals surface area contributed by atoms with E-state index >= 15 is 0 Å². The Morgan fingerprint density at radius 2 is 2.12 bits per heavy atom. The van der Waals surface area contributed by atoms with Crippen LogP contribution in [-0.2, 0) is 17.8 Å². The summed E-state index contributed by atoms with van der Waals surface area (Å²) in [5.74, 6) is 1.30. The molecule has 0 saturated carbocycles. The monoisotopic (exact) mass is 356 g/mol. The Kier molecular flexibility index (Phi) is 4.17. The summed E-state index contributed by atoms with van der Waals surface area (Å²) in [4.78, 5) is 21.4. The summed E-state index contributed by atoms with van der Waals surface area (Å²) < 4.78 is 6.43. The molecule has 1 unspecified atom stereocenters. The minimum atomic E-state index is 0.0433. The summed E-state index contributed by atoms with van der Waals surface area (Å²) in [5.41, 5.74) is 1.46. The van der Waals surface area contributed by atoms with E-state index in [0.717, 1.165) is 49.0 Å². The molecule has 7 nitrogen and oxygen atoms in total. The Bertz CT molecular complexity index is 827. The van der Waals surface area contributed by atoms with Crippen LogP contribution in [0, 0.1) is 24.2 Å². The third-order valence-electron chi connectivity index (χ3n) is 5.13. The predicted octanol–water partition coefficient (Wildman–Crippen LogP) is 1.43. The largest absolute Gasteiger partial charge is 0.358 e. The van der Waals surface area contributed by atoms with Crippen LogP contribution in [0.3, 0.4) is 0 Å². The van der Waals surface area contributed by atoms with E-state index in [2.05, 4.69) is 24.9 Å². The fourth-order valence-corrected chi connectivity index (χ4v) is 4.55. The van der Waals surface area contributed by atoms with Gasteiger partial charge in [-0.25, -0.2) is 4.98 Å². The first kappa shape index (κ1) is 16.1. The van der Waals surface area contributed by atoms with Gasteiger partial charge in [-0.05, 0) is 24.9 Å². The highest BCUT2D eigenvalue weighted by Gasteiger charge is 2.31. The number of aryl methyl sites for hydroxylation is 2. The second-order valence-corrected chi connectivity index (χ2v) is 7.35. The lowest BCUT2D eigenvalue weighted by atomic mass is 9.96. The van der Waals surface area contributed by atoms with Crippen molar-refractivity contribution in [3.8, 4) is 6.07 Å². The van der Waals surface area contributed by atoms with Crippen molar-refractivity contribution in [3.63, 3.8) is 0 Å². The van der Waals surface area contributed by atoms with Crippen LogP contribution in [-0.4, -0.2) is 50.9 Å². The molecule has 0 aliphatic carbocycles. The number of fused-ring (bicyclic) bond motifs is 1. The molecule has 0 N–H and O–H groups in total. The summed E-state index contributed by atoms with van der Waals surface area (Å²) in [6.45, 7) is 5.65. The number of rotatable bonds is 2. The number of nitriles is 1. The van der Waals surface area contributed by atoms with Crippen LogP contribution in [0.4, 0.5) is 5.00 Å². The molecule has 8 heteroatoms. The van der Waals surface area contributed by atoms with Crippen molar-refractivity contribution < 1.29 is 4.79 Å². The maximum atomic E-state index is 12.9. The third-order valence-corrected chi connectivity index (χ3v) is 6.13. The first-order valence-electron chi connectivity index (χ1n) is 8.57. The van der Waals surface area contributed by atoms with Gasteiger partial charge in [-0.1, -0.05) is 0 Å². The first-order valence-corrected chi connectivity index (χ1v) is 9.35. The molecule has 0 aromatic carbocycles. The number of hydrogen-bond donors (Lipinski definition) is 0. The minimum Gasteiger partial charge on any atom is -0.358 e. The van der Waals surface area contributed by atoms with Gasteiger partial charge in [0, 0.05) is 57.5 Å². The average Bonchev–Trinajstić information content (AvgIpc) is 3.26. The number of nitrogens with zero attached hydrogens (tertiary/aromatic N) is 6. The number of piperazine rings is 1. The van der Waals surface area contributed by atoms with Gasteiger partial charge in [0.1, 0.15) is 22.5 Å². The molecule has 0 bridgehead atoms.